The largest absolute Gasteiger partial charge is 0.497 e. The Bertz CT molecular complexity index is 3600. The quantitative estimate of drug-likeness (QED) is 0.0313. The van der Waals surface area contributed by atoms with Crippen LogP contribution in [0.5, 0.6) is 5.75 Å². The van der Waals surface area contributed by atoms with Gasteiger partial charge in [-0.25, -0.2) is 0 Å². The zero-order chi connectivity index (χ0) is 63.3. The van der Waals surface area contributed by atoms with Crippen molar-refractivity contribution < 1.29 is 47.7 Å². The Morgan fingerprint density at radius 1 is 0.461 bits per heavy atom. The van der Waals surface area contributed by atoms with Crippen LogP contribution >= 0.6 is 11.8 Å². The molecule has 0 saturated heterocycles. The molecule has 0 heterocycles. The van der Waals surface area contributed by atoms with Crippen LogP contribution in [0.4, 0.5) is 0 Å². The predicted octanol–water partition coefficient (Wildman–Crippen LogP) is 14.9. The molecular weight excluding hydrogens is 1130 g/mol. The van der Waals surface area contributed by atoms with Crippen molar-refractivity contribution in [2.75, 3.05) is 19.5 Å². The molecule has 8 aromatic carbocycles. The van der Waals surface area contributed by atoms with Crippen LogP contribution in [0.2, 0.25) is 0 Å². The molecule has 89 heavy (non-hydrogen) atoms. The van der Waals surface area contributed by atoms with Gasteiger partial charge in [-0.05, 0) is 116 Å². The molecule has 9 rings (SSSR count). The molecule has 0 aromatic heterocycles. The molecule has 0 aliphatic heterocycles. The Morgan fingerprint density at radius 2 is 0.876 bits per heavy atom. The average Bonchev–Trinajstić information content (AvgIpc) is 1.44. The molecule has 1 N–H and O–H groups in total. The number of thioether (sulfide) groups is 1. The maximum absolute atomic E-state index is 16.4. The highest BCUT2D eigenvalue weighted by molar-refractivity contribution is 8.00. The molecule has 1 amide bonds. The van der Waals surface area contributed by atoms with Gasteiger partial charge in [-0.1, -0.05) is 212 Å². The molecule has 458 valence electrons. The Morgan fingerprint density at radius 3 is 1.36 bits per heavy atom. The van der Waals surface area contributed by atoms with Gasteiger partial charge in [0.25, 0.3) is 0 Å². The van der Waals surface area contributed by atoms with Gasteiger partial charge in [0.2, 0.25) is 5.91 Å². The fourth-order valence-corrected chi connectivity index (χ4v) is 13.8. The number of aryl methyl sites for hydroxylation is 1. The Balaban J connectivity index is 1.11. The van der Waals surface area contributed by atoms with E-state index in [1.165, 1.54) is 11.8 Å². The number of carbonyl (C=O) groups is 6. The van der Waals surface area contributed by atoms with Crippen molar-refractivity contribution in [3.63, 3.8) is 0 Å². The first-order chi connectivity index (χ1) is 42.7. The Hall–Kier alpha value is -8.87. The molecular formula is C77H79NO10S. The zero-order valence-corrected chi connectivity index (χ0v) is 52.9. The molecule has 3 atom stereocenters. The number of fused-ring (bicyclic) bond motifs is 3. The van der Waals surface area contributed by atoms with Crippen LogP contribution in [0.15, 0.2) is 218 Å². The zero-order valence-electron chi connectivity index (χ0n) is 52.0. The lowest BCUT2D eigenvalue weighted by molar-refractivity contribution is -0.160. The van der Waals surface area contributed by atoms with Crippen molar-refractivity contribution in [3.8, 4) is 16.9 Å². The van der Waals surface area contributed by atoms with Crippen molar-refractivity contribution in [1.29, 1.82) is 0 Å². The Kier molecular flexibility index (Phi) is 20.7. The van der Waals surface area contributed by atoms with Crippen LogP contribution in [0.25, 0.3) is 11.1 Å². The van der Waals surface area contributed by atoms with E-state index < -0.39 is 94.5 Å². The van der Waals surface area contributed by atoms with Crippen LogP contribution in [0, 0.1) is 18.8 Å². The minimum atomic E-state index is -1.58. The summed E-state index contributed by atoms with van der Waals surface area (Å²) in [7, 11) is 1.62. The summed E-state index contributed by atoms with van der Waals surface area (Å²) in [5.41, 5.74) is 7.45. The van der Waals surface area contributed by atoms with E-state index in [1.54, 1.807) is 48.7 Å². The van der Waals surface area contributed by atoms with Crippen LogP contribution in [0.3, 0.4) is 0 Å². The van der Waals surface area contributed by atoms with E-state index in [-0.39, 0.29) is 30.5 Å². The summed E-state index contributed by atoms with van der Waals surface area (Å²) in [6.45, 7) is 12.2. The standard InChI is InChI=1S/C77H79NO10S/c1-52-37-39-57(40-38-52)76(55-25-13-9-14-26-55,56-27-15-10-16-28-56)49-69(80)54(51-89-77(58-29-17-11-18-30-58,59-31-19-12-20-32-59)60-41-43-61(85-8)44-42-60)45-68(79)67(48-72(83)88-75(5,6)7)78-73(84)53(47-71(82)87-74(2,3)4)46-70(81)86-50-66-64-35-23-21-33-62(64)63-34-22-24-36-65(63)66/h9-44,53-54,66-67H,45-51H2,1-8H3,(H,78,84)/t53-,54-,67-/m0/s1. The summed E-state index contributed by atoms with van der Waals surface area (Å²) in [6, 6.07) is 70.2. The summed E-state index contributed by atoms with van der Waals surface area (Å²) in [4.78, 5) is 89.5. The van der Waals surface area contributed by atoms with Crippen LogP contribution in [0.1, 0.15) is 130 Å². The van der Waals surface area contributed by atoms with E-state index in [1.807, 2.05) is 189 Å². The topological polar surface area (TPSA) is 151 Å². The number of methoxy groups -OCH3 is 1. The molecule has 0 radical (unpaired) electrons. The first-order valence-electron chi connectivity index (χ1n) is 30.4. The monoisotopic (exact) mass is 1210 g/mol. The number of nitrogens with one attached hydrogen (secondary N) is 1. The van der Waals surface area contributed by atoms with Gasteiger partial charge in [-0.3, -0.25) is 28.8 Å². The number of hydrogen-bond acceptors (Lipinski definition) is 11. The highest BCUT2D eigenvalue weighted by Crippen LogP contribution is 2.51. The molecule has 12 heteroatoms. The molecule has 0 fully saturated rings. The van der Waals surface area contributed by atoms with Gasteiger partial charge in [-0.2, -0.15) is 0 Å². The highest BCUT2D eigenvalue weighted by Gasteiger charge is 2.44. The number of Topliss-reactive ketones (excluding diaryl/α,β-unsaturated/α-hetero) is 2. The Labute approximate surface area is 528 Å². The molecule has 8 aromatic rings. The van der Waals surface area contributed by atoms with Crippen molar-refractivity contribution in [1.82, 2.24) is 5.32 Å². The lowest BCUT2D eigenvalue weighted by Gasteiger charge is -2.38. The molecule has 11 nitrogen and oxygen atoms in total. The summed E-state index contributed by atoms with van der Waals surface area (Å²) >= 11 is 1.52. The van der Waals surface area contributed by atoms with Gasteiger partial charge >= 0.3 is 17.9 Å². The second-order valence-electron chi connectivity index (χ2n) is 24.9. The predicted molar refractivity (Wildman–Crippen MR) is 351 cm³/mol. The first kappa shape index (κ1) is 64.6. The number of amides is 1. The molecule has 0 bridgehead atoms. The van der Waals surface area contributed by atoms with E-state index in [0.717, 1.165) is 61.2 Å². The van der Waals surface area contributed by atoms with Crippen LogP contribution < -0.4 is 10.1 Å². The van der Waals surface area contributed by atoms with Gasteiger partial charge in [0.05, 0.1) is 48.5 Å². The fraction of sp³-hybridized carbons (Fsp3) is 0.299. The van der Waals surface area contributed by atoms with Gasteiger partial charge in [0.1, 0.15) is 29.3 Å². The second kappa shape index (κ2) is 28.5. The van der Waals surface area contributed by atoms with E-state index in [4.69, 9.17) is 18.9 Å². The summed E-state index contributed by atoms with van der Waals surface area (Å²) in [6.07, 6.45) is -2.25. The number of carbonyl (C=O) groups excluding carboxylic acids is 6. The van der Waals surface area contributed by atoms with Gasteiger partial charge in [0.15, 0.2) is 5.78 Å². The highest BCUT2D eigenvalue weighted by atomic mass is 32.2. The van der Waals surface area contributed by atoms with Crippen molar-refractivity contribution >= 4 is 47.1 Å². The van der Waals surface area contributed by atoms with E-state index in [9.17, 15) is 14.4 Å². The first-order valence-corrected chi connectivity index (χ1v) is 31.4. The number of hydrogen-bond donors (Lipinski definition) is 1. The van der Waals surface area contributed by atoms with Crippen molar-refractivity contribution in [2.45, 2.75) is 114 Å². The van der Waals surface area contributed by atoms with E-state index in [2.05, 4.69) is 41.7 Å². The maximum Gasteiger partial charge on any atom is 0.308 e. The number of ether oxygens (including phenoxy) is 4. The minimum Gasteiger partial charge on any atom is -0.497 e. The molecule has 1 aliphatic rings. The van der Waals surface area contributed by atoms with Crippen molar-refractivity contribution in [3.05, 3.63) is 268 Å². The lowest BCUT2D eigenvalue weighted by atomic mass is 9.65. The normalized spacial score (nSPS) is 13.4. The third-order valence-electron chi connectivity index (χ3n) is 16.3. The van der Waals surface area contributed by atoms with Gasteiger partial charge < -0.3 is 24.3 Å². The minimum absolute atomic E-state index is 0.0329. The fourth-order valence-electron chi connectivity index (χ4n) is 12.1. The van der Waals surface area contributed by atoms with Crippen LogP contribution in [-0.2, 0) is 53.1 Å². The number of ketones is 2. The smallest absolute Gasteiger partial charge is 0.308 e. The lowest BCUT2D eigenvalue weighted by Crippen LogP contribution is -2.47. The molecule has 0 saturated carbocycles. The van der Waals surface area contributed by atoms with E-state index in [0.29, 0.717) is 5.75 Å². The molecule has 0 spiro atoms. The third kappa shape index (κ3) is 15.7. The van der Waals surface area contributed by atoms with Crippen LogP contribution in [-0.4, -0.2) is 72.1 Å². The van der Waals surface area contributed by atoms with Gasteiger partial charge in [0, 0.05) is 30.4 Å². The SMILES string of the molecule is COc1ccc(C(SC[C@H](CC(=O)[C@H](CC(=O)OC(C)(C)C)NC(=O)[C@@H](CC(=O)OCC2c3ccccc3-c3ccccc32)CC(=O)OC(C)(C)C)C(=O)CC(c2ccccc2)(c2ccccc2)c2ccc(C)cc2)(c2ccccc2)c2ccccc2)cc1. The summed E-state index contributed by atoms with van der Waals surface area (Å²) in [5.74, 6) is -6.04. The second-order valence-corrected chi connectivity index (χ2v) is 26.2. The number of benzene rings is 8. The third-order valence-corrected chi connectivity index (χ3v) is 18.0. The summed E-state index contributed by atoms with van der Waals surface area (Å²) < 4.78 is 22.2. The summed E-state index contributed by atoms with van der Waals surface area (Å²) in [5, 5.41) is 2.83. The van der Waals surface area contributed by atoms with Gasteiger partial charge in [-0.15, -0.1) is 11.8 Å². The number of rotatable bonds is 26. The molecule has 1 aliphatic carbocycles. The van der Waals surface area contributed by atoms with Crippen molar-refractivity contribution in [2.24, 2.45) is 11.8 Å². The van der Waals surface area contributed by atoms with E-state index >= 15 is 14.4 Å². The maximum atomic E-state index is 16.4. The number of esters is 3. The molecule has 0 unspecified atom stereocenters. The average molecular weight is 1210 g/mol.